The maximum atomic E-state index is 13.4. The summed E-state index contributed by atoms with van der Waals surface area (Å²) in [5, 5.41) is 0. The minimum Gasteiger partial charge on any atom is -0.366 e. The molecule has 4 rings (SSSR count). The van der Waals surface area contributed by atoms with Gasteiger partial charge in [-0.1, -0.05) is 24.3 Å². The number of aromatic amines is 1. The van der Waals surface area contributed by atoms with Gasteiger partial charge in [-0.05, 0) is 24.3 Å². The lowest BCUT2D eigenvalue weighted by Crippen LogP contribution is -2.05. The Morgan fingerprint density at radius 2 is 1.73 bits per heavy atom. The van der Waals surface area contributed by atoms with Crippen LogP contribution in [0.5, 0.6) is 0 Å². The molecule has 0 saturated heterocycles. The zero-order chi connectivity index (χ0) is 21.3. The summed E-state index contributed by atoms with van der Waals surface area (Å²) < 4.78 is 26.5. The fraction of sp³-hybridized carbons (Fsp3) is 0. The third-order valence-corrected chi connectivity index (χ3v) is 4.46. The van der Waals surface area contributed by atoms with E-state index in [0.29, 0.717) is 33.5 Å². The molecule has 30 heavy (non-hydrogen) atoms. The smallest absolute Gasteiger partial charge is 0.241 e. The minimum absolute atomic E-state index is 0.0565. The Morgan fingerprint density at radius 1 is 1.00 bits per heavy atom. The number of rotatable bonds is 5. The van der Waals surface area contributed by atoms with E-state index >= 15 is 0 Å². The highest BCUT2D eigenvalue weighted by Crippen LogP contribution is 2.23. The second-order valence-corrected chi connectivity index (χ2v) is 6.47. The monoisotopic (exact) mass is 404 g/mol. The maximum Gasteiger partial charge on any atom is 0.241 e. The number of H-pyrrole nitrogens is 1. The van der Waals surface area contributed by atoms with Gasteiger partial charge in [0.2, 0.25) is 5.91 Å². The molecule has 0 aliphatic heterocycles. The first-order valence-electron chi connectivity index (χ1n) is 8.84. The second-order valence-electron chi connectivity index (χ2n) is 6.47. The van der Waals surface area contributed by atoms with Crippen LogP contribution in [0.15, 0.2) is 60.9 Å². The second kappa shape index (κ2) is 7.67. The van der Waals surface area contributed by atoms with E-state index in [1.165, 1.54) is 12.1 Å². The Bertz CT molecular complexity index is 1310. The molecule has 1 amide bonds. The number of carbonyl (C=O) groups excluding carboxylic acids is 2. The summed E-state index contributed by atoms with van der Waals surface area (Å²) in [6.45, 7) is 0. The summed E-state index contributed by atoms with van der Waals surface area (Å²) in [6, 6.07) is 9.57. The van der Waals surface area contributed by atoms with E-state index < -0.39 is 23.3 Å². The average molecular weight is 404 g/mol. The normalized spacial score (nSPS) is 11.3. The largest absolute Gasteiger partial charge is 0.366 e. The first kappa shape index (κ1) is 19.1. The predicted molar refractivity (Wildman–Crippen MR) is 107 cm³/mol. The molecule has 0 atom stereocenters. The molecule has 0 radical (unpaired) electrons. The van der Waals surface area contributed by atoms with Crippen molar-refractivity contribution in [3.8, 4) is 11.3 Å². The summed E-state index contributed by atoms with van der Waals surface area (Å²) in [7, 11) is 0. The highest BCUT2D eigenvalue weighted by molar-refractivity contribution is 6.09. The lowest BCUT2D eigenvalue weighted by molar-refractivity contribution is -0.113. The van der Waals surface area contributed by atoms with Crippen LogP contribution in [0.1, 0.15) is 21.5 Å². The summed E-state index contributed by atoms with van der Waals surface area (Å²) >= 11 is 0. The van der Waals surface area contributed by atoms with Gasteiger partial charge in [-0.2, -0.15) is 0 Å². The van der Waals surface area contributed by atoms with E-state index in [-0.39, 0.29) is 5.56 Å². The zero-order valence-electron chi connectivity index (χ0n) is 15.4. The number of carbonyl (C=O) groups is 2. The van der Waals surface area contributed by atoms with E-state index in [1.54, 1.807) is 42.7 Å². The number of halogens is 2. The summed E-state index contributed by atoms with van der Waals surface area (Å²) in [5.41, 5.74) is 8.54. The van der Waals surface area contributed by atoms with Gasteiger partial charge in [-0.25, -0.2) is 18.7 Å². The Morgan fingerprint density at radius 3 is 2.43 bits per heavy atom. The number of nitrogens with zero attached hydrogens (tertiary/aromatic N) is 2. The molecule has 2 heterocycles. The van der Waals surface area contributed by atoms with Gasteiger partial charge in [-0.3, -0.25) is 9.59 Å². The van der Waals surface area contributed by atoms with Crippen molar-refractivity contribution in [2.75, 3.05) is 0 Å². The van der Waals surface area contributed by atoms with Gasteiger partial charge in [0, 0.05) is 34.5 Å². The molecule has 0 spiro atoms. The Hall–Kier alpha value is -4.20. The number of hydrogen-bond acceptors (Lipinski definition) is 4. The molecule has 2 aromatic carbocycles. The van der Waals surface area contributed by atoms with E-state index in [0.717, 1.165) is 12.1 Å². The number of primary amides is 1. The molecular weight excluding hydrogens is 390 g/mol. The molecule has 0 aliphatic rings. The maximum absolute atomic E-state index is 13.4. The number of hydrogen-bond donors (Lipinski definition) is 2. The standard InChI is InChI=1S/C22H14F2N4O2/c23-16-7-5-14(9-17(16)24)21(30)13-3-1-12(2-4-13)18-11-27-22-20(28-18)15(10-26-22)6-8-19(25)29/h1-11H,(H2,25,29)(H,26,27). The van der Waals surface area contributed by atoms with Crippen LogP contribution in [-0.2, 0) is 4.79 Å². The average Bonchev–Trinajstić information content (AvgIpc) is 3.16. The van der Waals surface area contributed by atoms with Gasteiger partial charge in [0.05, 0.1) is 11.9 Å². The Kier molecular flexibility index (Phi) is 4.89. The van der Waals surface area contributed by atoms with Gasteiger partial charge in [0.15, 0.2) is 23.1 Å². The van der Waals surface area contributed by atoms with E-state index in [2.05, 4.69) is 15.0 Å². The molecule has 0 unspecified atom stereocenters. The Balaban J connectivity index is 1.64. The molecule has 0 saturated carbocycles. The van der Waals surface area contributed by atoms with Crippen molar-refractivity contribution in [1.82, 2.24) is 15.0 Å². The highest BCUT2D eigenvalue weighted by atomic mass is 19.2. The molecule has 0 bridgehead atoms. The molecule has 0 fully saturated rings. The van der Waals surface area contributed by atoms with Crippen LogP contribution in [-0.4, -0.2) is 26.6 Å². The Labute approximate surface area is 169 Å². The number of nitrogens with two attached hydrogens (primary N) is 1. The molecular formula is C22H14F2N4O2. The number of nitrogens with one attached hydrogen (secondary N) is 1. The van der Waals surface area contributed by atoms with E-state index in [1.807, 2.05) is 0 Å². The van der Waals surface area contributed by atoms with Gasteiger partial charge in [0.1, 0.15) is 5.52 Å². The molecule has 2 aromatic heterocycles. The fourth-order valence-corrected chi connectivity index (χ4v) is 2.94. The van der Waals surface area contributed by atoms with Crippen LogP contribution in [0.4, 0.5) is 8.78 Å². The van der Waals surface area contributed by atoms with Gasteiger partial charge >= 0.3 is 0 Å². The van der Waals surface area contributed by atoms with Crippen molar-refractivity contribution in [3.63, 3.8) is 0 Å². The first-order chi connectivity index (χ1) is 14.4. The van der Waals surface area contributed by atoms with Crippen molar-refractivity contribution < 1.29 is 18.4 Å². The third-order valence-electron chi connectivity index (χ3n) is 4.46. The number of fused-ring (bicyclic) bond motifs is 1. The van der Waals surface area contributed by atoms with Crippen LogP contribution >= 0.6 is 0 Å². The minimum atomic E-state index is -1.08. The SMILES string of the molecule is NC(=O)C=Cc1c[nH]c2ncc(-c3ccc(C(=O)c4ccc(F)c(F)c4)cc3)nc12. The lowest BCUT2D eigenvalue weighted by Gasteiger charge is -2.05. The number of aromatic nitrogens is 3. The first-order valence-corrected chi connectivity index (χ1v) is 8.84. The number of ketones is 1. The van der Waals surface area contributed by atoms with Crippen molar-refractivity contribution in [3.05, 3.63) is 89.3 Å². The molecule has 148 valence electrons. The van der Waals surface area contributed by atoms with Gasteiger partial charge in [-0.15, -0.1) is 0 Å². The highest BCUT2D eigenvalue weighted by Gasteiger charge is 2.13. The third kappa shape index (κ3) is 3.70. The van der Waals surface area contributed by atoms with Crippen molar-refractivity contribution in [2.24, 2.45) is 5.73 Å². The van der Waals surface area contributed by atoms with Gasteiger partial charge < -0.3 is 10.7 Å². The molecule has 4 aromatic rings. The topological polar surface area (TPSA) is 102 Å². The predicted octanol–water partition coefficient (Wildman–Crippen LogP) is 3.63. The van der Waals surface area contributed by atoms with Crippen LogP contribution in [0.2, 0.25) is 0 Å². The fourth-order valence-electron chi connectivity index (χ4n) is 2.94. The lowest BCUT2D eigenvalue weighted by atomic mass is 10.0. The van der Waals surface area contributed by atoms with Gasteiger partial charge in [0.25, 0.3) is 0 Å². The van der Waals surface area contributed by atoms with E-state index in [4.69, 9.17) is 5.73 Å². The number of benzene rings is 2. The quantitative estimate of drug-likeness (QED) is 0.392. The zero-order valence-corrected chi connectivity index (χ0v) is 15.4. The van der Waals surface area contributed by atoms with Crippen LogP contribution < -0.4 is 5.73 Å². The van der Waals surface area contributed by atoms with Crippen molar-refractivity contribution in [1.29, 1.82) is 0 Å². The molecule has 8 heteroatoms. The molecule has 0 aliphatic carbocycles. The van der Waals surface area contributed by atoms with Crippen molar-refractivity contribution in [2.45, 2.75) is 0 Å². The van der Waals surface area contributed by atoms with Crippen LogP contribution in [0, 0.1) is 11.6 Å². The van der Waals surface area contributed by atoms with E-state index in [9.17, 15) is 18.4 Å². The summed E-state index contributed by atoms with van der Waals surface area (Å²) in [5.74, 6) is -3.08. The summed E-state index contributed by atoms with van der Waals surface area (Å²) in [6.07, 6.45) is 6.02. The van der Waals surface area contributed by atoms with Crippen LogP contribution in [0.3, 0.4) is 0 Å². The number of amides is 1. The summed E-state index contributed by atoms with van der Waals surface area (Å²) in [4.78, 5) is 35.3. The molecule has 6 nitrogen and oxygen atoms in total. The van der Waals surface area contributed by atoms with Crippen LogP contribution in [0.25, 0.3) is 28.5 Å². The van der Waals surface area contributed by atoms with Crippen molar-refractivity contribution >= 4 is 28.9 Å². The molecule has 3 N–H and O–H groups in total.